The van der Waals surface area contributed by atoms with Crippen LogP contribution < -0.4 is 0 Å². The van der Waals surface area contributed by atoms with Crippen molar-refractivity contribution >= 4 is 0 Å². The van der Waals surface area contributed by atoms with E-state index in [1.54, 1.807) is 0 Å². The van der Waals surface area contributed by atoms with Crippen molar-refractivity contribution in [3.8, 4) is 0 Å². The number of ether oxygens (including phenoxy) is 1. The van der Waals surface area contributed by atoms with Gasteiger partial charge in [0.25, 0.3) is 0 Å². The van der Waals surface area contributed by atoms with Crippen LogP contribution in [-0.2, 0) is 4.74 Å². The lowest BCUT2D eigenvalue weighted by atomic mass is 9.99. The molecule has 0 saturated heterocycles. The van der Waals surface area contributed by atoms with Crippen molar-refractivity contribution < 1.29 is 14.9 Å². The van der Waals surface area contributed by atoms with E-state index in [1.165, 1.54) is 0 Å². The van der Waals surface area contributed by atoms with Crippen molar-refractivity contribution in [2.75, 3.05) is 6.61 Å². The molecule has 0 aromatic carbocycles. The number of rotatable bonds is 9. The average Bonchev–Trinajstić information content (AvgIpc) is 2.15. The summed E-state index contributed by atoms with van der Waals surface area (Å²) in [6, 6.07) is 0. The smallest absolute Gasteiger partial charge is 0.0801 e. The Bertz CT molecular complexity index is 157. The lowest BCUT2D eigenvalue weighted by Crippen LogP contribution is -2.27. The zero-order valence-corrected chi connectivity index (χ0v) is 11.1. The Hall–Kier alpha value is -0.120. The summed E-state index contributed by atoms with van der Waals surface area (Å²) in [6.45, 7) is 8.87. The maximum absolute atomic E-state index is 9.68. The topological polar surface area (TPSA) is 49.7 Å². The maximum atomic E-state index is 9.68. The summed E-state index contributed by atoms with van der Waals surface area (Å²) < 4.78 is 5.40. The fraction of sp³-hybridized carbons (Fsp3) is 1.00. The zero-order chi connectivity index (χ0) is 12.6. The fourth-order valence-corrected chi connectivity index (χ4v) is 1.61. The van der Waals surface area contributed by atoms with Crippen molar-refractivity contribution in [1.29, 1.82) is 0 Å². The molecule has 0 saturated carbocycles. The highest BCUT2D eigenvalue weighted by Crippen LogP contribution is 2.12. The minimum Gasteiger partial charge on any atom is -0.390 e. The first-order valence-corrected chi connectivity index (χ1v) is 6.41. The lowest BCUT2D eigenvalue weighted by Gasteiger charge is -2.19. The molecule has 0 radical (unpaired) electrons. The predicted molar refractivity (Wildman–Crippen MR) is 66.4 cm³/mol. The third-order valence-corrected chi connectivity index (χ3v) is 2.50. The van der Waals surface area contributed by atoms with Crippen LogP contribution in [0, 0.1) is 5.92 Å². The van der Waals surface area contributed by atoms with Gasteiger partial charge in [-0.2, -0.15) is 0 Å². The molecular formula is C13H28O3. The Kier molecular flexibility index (Phi) is 8.90. The molecule has 0 rings (SSSR count). The minimum atomic E-state index is -0.582. The summed E-state index contributed by atoms with van der Waals surface area (Å²) in [7, 11) is 0. The Morgan fingerprint density at radius 1 is 0.938 bits per heavy atom. The molecule has 0 aromatic heterocycles. The van der Waals surface area contributed by atoms with Crippen LogP contribution in [0.4, 0.5) is 0 Å². The van der Waals surface area contributed by atoms with Crippen LogP contribution >= 0.6 is 0 Å². The molecule has 98 valence electrons. The third kappa shape index (κ3) is 9.13. The summed E-state index contributed by atoms with van der Waals surface area (Å²) in [4.78, 5) is 0. The van der Waals surface area contributed by atoms with Crippen LogP contribution in [0.2, 0.25) is 0 Å². The first kappa shape index (κ1) is 15.9. The molecule has 0 bridgehead atoms. The highest BCUT2D eigenvalue weighted by Gasteiger charge is 2.16. The van der Waals surface area contributed by atoms with Gasteiger partial charge in [0.05, 0.1) is 18.3 Å². The van der Waals surface area contributed by atoms with Crippen molar-refractivity contribution in [2.45, 2.75) is 71.7 Å². The Morgan fingerprint density at radius 2 is 1.56 bits per heavy atom. The summed E-state index contributed by atoms with van der Waals surface area (Å²) in [5.41, 5.74) is 0. The normalized spacial score (nSPS) is 15.8. The molecule has 0 aliphatic carbocycles. The van der Waals surface area contributed by atoms with Gasteiger partial charge in [-0.05, 0) is 45.4 Å². The standard InChI is InChI=1S/C13H28O3/c1-10(2)9-13(15)12(14)7-5-6-8-16-11(3)4/h10-15H,5-9H2,1-4H3/t12-,13-/m0/s1. The number of hydrogen-bond acceptors (Lipinski definition) is 3. The van der Waals surface area contributed by atoms with Crippen LogP contribution in [0.5, 0.6) is 0 Å². The van der Waals surface area contributed by atoms with Crippen LogP contribution in [0.25, 0.3) is 0 Å². The lowest BCUT2D eigenvalue weighted by molar-refractivity contribution is -0.000212. The van der Waals surface area contributed by atoms with E-state index in [9.17, 15) is 10.2 Å². The summed E-state index contributed by atoms with van der Waals surface area (Å²) in [6.07, 6.45) is 2.30. The van der Waals surface area contributed by atoms with Crippen molar-refractivity contribution in [2.24, 2.45) is 5.92 Å². The first-order valence-electron chi connectivity index (χ1n) is 6.41. The van der Waals surface area contributed by atoms with Crippen molar-refractivity contribution in [3.63, 3.8) is 0 Å². The molecule has 0 unspecified atom stereocenters. The second-order valence-electron chi connectivity index (χ2n) is 5.18. The number of unbranched alkanes of at least 4 members (excludes halogenated alkanes) is 1. The molecule has 0 aromatic rings. The summed E-state index contributed by atoms with van der Waals surface area (Å²) >= 11 is 0. The quantitative estimate of drug-likeness (QED) is 0.600. The monoisotopic (exact) mass is 232 g/mol. The predicted octanol–water partition coefficient (Wildman–Crippen LogP) is 2.35. The highest BCUT2D eigenvalue weighted by molar-refractivity contribution is 4.68. The number of hydrogen-bond donors (Lipinski definition) is 2. The molecule has 0 aliphatic rings. The van der Waals surface area contributed by atoms with E-state index in [4.69, 9.17) is 4.74 Å². The number of aliphatic hydroxyl groups is 2. The Balaban J connectivity index is 3.45. The fourth-order valence-electron chi connectivity index (χ4n) is 1.61. The van der Waals surface area contributed by atoms with E-state index < -0.39 is 12.2 Å². The minimum absolute atomic E-state index is 0.274. The van der Waals surface area contributed by atoms with Gasteiger partial charge in [0.1, 0.15) is 0 Å². The second kappa shape index (κ2) is 8.97. The van der Waals surface area contributed by atoms with Gasteiger partial charge in [-0.3, -0.25) is 0 Å². The van der Waals surface area contributed by atoms with Gasteiger partial charge in [-0.1, -0.05) is 13.8 Å². The van der Waals surface area contributed by atoms with Gasteiger partial charge in [0.15, 0.2) is 0 Å². The van der Waals surface area contributed by atoms with Gasteiger partial charge >= 0.3 is 0 Å². The van der Waals surface area contributed by atoms with Crippen LogP contribution in [0.15, 0.2) is 0 Å². The summed E-state index contributed by atoms with van der Waals surface area (Å²) in [5.74, 6) is 0.425. The van der Waals surface area contributed by atoms with Crippen LogP contribution in [0.3, 0.4) is 0 Å². The average molecular weight is 232 g/mol. The van der Waals surface area contributed by atoms with E-state index >= 15 is 0 Å². The van der Waals surface area contributed by atoms with Gasteiger partial charge in [0, 0.05) is 6.61 Å². The SMILES string of the molecule is CC(C)C[C@H](O)[C@@H](O)CCCCOC(C)C. The van der Waals surface area contributed by atoms with E-state index in [2.05, 4.69) is 0 Å². The van der Waals surface area contributed by atoms with Crippen molar-refractivity contribution in [1.82, 2.24) is 0 Å². The number of aliphatic hydroxyl groups excluding tert-OH is 2. The zero-order valence-electron chi connectivity index (χ0n) is 11.1. The molecule has 0 heterocycles. The van der Waals surface area contributed by atoms with Crippen LogP contribution in [0.1, 0.15) is 53.4 Å². The van der Waals surface area contributed by atoms with E-state index in [0.29, 0.717) is 18.8 Å². The molecule has 2 atom stereocenters. The summed E-state index contributed by atoms with van der Waals surface area (Å²) in [5, 5.41) is 19.3. The molecule has 0 spiro atoms. The van der Waals surface area contributed by atoms with Gasteiger partial charge < -0.3 is 14.9 Å². The molecular weight excluding hydrogens is 204 g/mol. The van der Waals surface area contributed by atoms with E-state index in [1.807, 2.05) is 27.7 Å². The van der Waals surface area contributed by atoms with Gasteiger partial charge in [-0.25, -0.2) is 0 Å². The molecule has 0 fully saturated rings. The third-order valence-electron chi connectivity index (χ3n) is 2.50. The molecule has 3 nitrogen and oxygen atoms in total. The van der Waals surface area contributed by atoms with Crippen molar-refractivity contribution in [3.05, 3.63) is 0 Å². The molecule has 2 N–H and O–H groups in total. The highest BCUT2D eigenvalue weighted by atomic mass is 16.5. The van der Waals surface area contributed by atoms with Crippen LogP contribution in [-0.4, -0.2) is 35.1 Å². The van der Waals surface area contributed by atoms with Gasteiger partial charge in [-0.15, -0.1) is 0 Å². The van der Waals surface area contributed by atoms with E-state index in [-0.39, 0.29) is 6.10 Å². The second-order valence-corrected chi connectivity index (χ2v) is 5.18. The molecule has 3 heteroatoms. The van der Waals surface area contributed by atoms with E-state index in [0.717, 1.165) is 19.4 Å². The van der Waals surface area contributed by atoms with Gasteiger partial charge in [0.2, 0.25) is 0 Å². The first-order chi connectivity index (χ1) is 7.43. The largest absolute Gasteiger partial charge is 0.390 e. The molecule has 0 aliphatic heterocycles. The Morgan fingerprint density at radius 3 is 2.06 bits per heavy atom. The molecule has 0 amide bonds. The maximum Gasteiger partial charge on any atom is 0.0801 e. The Labute approximate surface area is 99.8 Å². The molecule has 16 heavy (non-hydrogen) atoms.